The van der Waals surface area contributed by atoms with E-state index >= 15 is 0 Å². The van der Waals surface area contributed by atoms with E-state index in [0.29, 0.717) is 16.5 Å². The number of fused-ring (bicyclic) bond motifs is 1. The molecule has 0 fully saturated rings. The second-order valence-corrected chi connectivity index (χ2v) is 9.62. The molecule has 0 aliphatic rings. The molecule has 1 heterocycles. The van der Waals surface area contributed by atoms with Crippen LogP contribution < -0.4 is 11.1 Å². The second kappa shape index (κ2) is 9.11. The predicted molar refractivity (Wildman–Crippen MR) is 130 cm³/mol. The zero-order valence-electron chi connectivity index (χ0n) is 18.5. The second-order valence-electron chi connectivity index (χ2n) is 7.81. The van der Waals surface area contributed by atoms with E-state index in [2.05, 4.69) is 5.32 Å². The van der Waals surface area contributed by atoms with Crippen molar-refractivity contribution in [2.24, 2.45) is 0 Å². The Hall–Kier alpha value is -4.38. The van der Waals surface area contributed by atoms with Crippen molar-refractivity contribution < 1.29 is 27.5 Å². The Bertz CT molecular complexity index is 1550. The molecule has 0 saturated carbocycles. The van der Waals surface area contributed by atoms with Gasteiger partial charge in [0.15, 0.2) is 0 Å². The number of benzene rings is 3. The van der Waals surface area contributed by atoms with Crippen LogP contribution in [0.2, 0.25) is 0 Å². The standard InChI is InChI=1S/C24H21FN4O5S/c1-28(24(31)32)14-23(30)27-21-11-15(7-10-20(21)26)19-13-29(22-12-16(25)8-9-18(19)22)35(33,34)17-5-3-2-4-6-17/h2-13H,14,26H2,1H3,(H,27,30)(H,31,32). The molecule has 0 bridgehead atoms. The number of likely N-dealkylation sites (N-methyl/N-ethyl adjacent to an activating group) is 1. The molecule has 4 rings (SSSR count). The molecule has 1 aromatic heterocycles. The van der Waals surface area contributed by atoms with Crippen LogP contribution in [0.4, 0.5) is 20.6 Å². The van der Waals surface area contributed by atoms with Crippen LogP contribution >= 0.6 is 0 Å². The summed E-state index contributed by atoms with van der Waals surface area (Å²) in [6.45, 7) is -0.410. The topological polar surface area (TPSA) is 135 Å². The highest BCUT2D eigenvalue weighted by atomic mass is 32.2. The maximum Gasteiger partial charge on any atom is 0.407 e. The molecule has 35 heavy (non-hydrogen) atoms. The molecule has 11 heteroatoms. The summed E-state index contributed by atoms with van der Waals surface area (Å²) in [4.78, 5) is 24.1. The summed E-state index contributed by atoms with van der Waals surface area (Å²) in [5.74, 6) is -1.20. The van der Waals surface area contributed by atoms with Crippen LogP contribution in [0.3, 0.4) is 0 Å². The van der Waals surface area contributed by atoms with Crippen molar-refractivity contribution in [1.29, 1.82) is 0 Å². The molecule has 0 aliphatic heterocycles. The van der Waals surface area contributed by atoms with Crippen LogP contribution in [0.25, 0.3) is 22.0 Å². The summed E-state index contributed by atoms with van der Waals surface area (Å²) < 4.78 is 41.8. The molecule has 0 radical (unpaired) electrons. The Kier molecular flexibility index (Phi) is 6.18. The average molecular weight is 497 g/mol. The molecular weight excluding hydrogens is 475 g/mol. The van der Waals surface area contributed by atoms with E-state index in [0.717, 1.165) is 14.9 Å². The van der Waals surface area contributed by atoms with Crippen molar-refractivity contribution in [2.75, 3.05) is 24.6 Å². The summed E-state index contributed by atoms with van der Waals surface area (Å²) in [6, 6.07) is 16.4. The van der Waals surface area contributed by atoms with Gasteiger partial charge < -0.3 is 21.1 Å². The van der Waals surface area contributed by atoms with E-state index in [1.807, 2.05) is 0 Å². The Balaban J connectivity index is 1.81. The SMILES string of the molecule is CN(CC(=O)Nc1cc(-c2cn(S(=O)(=O)c3ccccc3)c3cc(F)ccc23)ccc1N)C(=O)O. The minimum Gasteiger partial charge on any atom is -0.465 e. The van der Waals surface area contributed by atoms with E-state index in [1.165, 1.54) is 43.6 Å². The summed E-state index contributed by atoms with van der Waals surface area (Å²) in [5.41, 5.74) is 7.58. The molecule has 0 unspecified atom stereocenters. The number of carbonyl (C=O) groups is 2. The third kappa shape index (κ3) is 4.66. The first-order valence-corrected chi connectivity index (χ1v) is 11.8. The Morgan fingerprint density at radius 2 is 1.80 bits per heavy atom. The number of hydrogen-bond acceptors (Lipinski definition) is 5. The van der Waals surface area contributed by atoms with Crippen LogP contribution in [0.5, 0.6) is 0 Å². The lowest BCUT2D eigenvalue weighted by Crippen LogP contribution is -2.33. The van der Waals surface area contributed by atoms with E-state index < -0.39 is 34.4 Å². The molecular formula is C24H21FN4O5S. The first-order chi connectivity index (χ1) is 16.6. The normalized spacial score (nSPS) is 11.4. The largest absolute Gasteiger partial charge is 0.465 e. The number of anilines is 2. The molecule has 0 saturated heterocycles. The molecule has 0 aliphatic carbocycles. The summed E-state index contributed by atoms with van der Waals surface area (Å²) >= 11 is 0. The smallest absolute Gasteiger partial charge is 0.407 e. The molecule has 0 spiro atoms. The van der Waals surface area contributed by atoms with Crippen molar-refractivity contribution >= 4 is 44.3 Å². The lowest BCUT2D eigenvalue weighted by molar-refractivity contribution is -0.116. The number of nitrogens with two attached hydrogens (primary N) is 1. The first kappa shape index (κ1) is 23.8. The third-order valence-electron chi connectivity index (χ3n) is 5.38. The monoisotopic (exact) mass is 496 g/mol. The first-order valence-electron chi connectivity index (χ1n) is 10.3. The van der Waals surface area contributed by atoms with E-state index in [4.69, 9.17) is 10.8 Å². The Morgan fingerprint density at radius 3 is 2.49 bits per heavy atom. The number of halogens is 1. The number of nitrogens with zero attached hydrogens (tertiary/aromatic N) is 2. The minimum absolute atomic E-state index is 0.0421. The van der Waals surface area contributed by atoms with Crippen LogP contribution in [0.1, 0.15) is 0 Å². The number of carbonyl (C=O) groups excluding carboxylic acids is 1. The summed E-state index contributed by atoms with van der Waals surface area (Å²) in [5, 5.41) is 12.0. The fourth-order valence-corrected chi connectivity index (χ4v) is 4.99. The molecule has 2 amide bonds. The Morgan fingerprint density at radius 1 is 1.09 bits per heavy atom. The van der Waals surface area contributed by atoms with Crippen molar-refractivity contribution in [3.63, 3.8) is 0 Å². The lowest BCUT2D eigenvalue weighted by Gasteiger charge is -2.14. The van der Waals surface area contributed by atoms with Gasteiger partial charge in [0.2, 0.25) is 5.91 Å². The van der Waals surface area contributed by atoms with Gasteiger partial charge in [-0.1, -0.05) is 24.3 Å². The molecule has 3 aromatic carbocycles. The van der Waals surface area contributed by atoms with Gasteiger partial charge in [0.25, 0.3) is 10.0 Å². The van der Waals surface area contributed by atoms with Crippen molar-refractivity contribution in [1.82, 2.24) is 8.87 Å². The highest BCUT2D eigenvalue weighted by Crippen LogP contribution is 2.36. The number of hydrogen-bond donors (Lipinski definition) is 3. The van der Waals surface area contributed by atoms with Crippen molar-refractivity contribution in [2.45, 2.75) is 4.90 Å². The van der Waals surface area contributed by atoms with Gasteiger partial charge in [0.1, 0.15) is 12.4 Å². The maximum absolute atomic E-state index is 14.1. The highest BCUT2D eigenvalue weighted by molar-refractivity contribution is 7.90. The van der Waals surface area contributed by atoms with Gasteiger partial charge in [-0.15, -0.1) is 0 Å². The Labute approximate surface area is 200 Å². The number of aromatic nitrogens is 1. The number of amides is 2. The van der Waals surface area contributed by atoms with Crippen molar-refractivity contribution in [3.05, 3.63) is 78.7 Å². The average Bonchev–Trinajstić information content (AvgIpc) is 3.20. The van der Waals surface area contributed by atoms with Gasteiger partial charge >= 0.3 is 6.09 Å². The minimum atomic E-state index is -4.03. The number of nitrogens with one attached hydrogen (secondary N) is 1. The maximum atomic E-state index is 14.1. The zero-order chi connectivity index (χ0) is 25.3. The highest BCUT2D eigenvalue weighted by Gasteiger charge is 2.22. The molecule has 9 nitrogen and oxygen atoms in total. The summed E-state index contributed by atoms with van der Waals surface area (Å²) in [7, 11) is -2.78. The van der Waals surface area contributed by atoms with Gasteiger partial charge in [-0.05, 0) is 48.0 Å². The fourth-order valence-electron chi connectivity index (χ4n) is 3.61. The molecule has 4 N–H and O–H groups in total. The fraction of sp³-hybridized carbons (Fsp3) is 0.0833. The summed E-state index contributed by atoms with van der Waals surface area (Å²) in [6.07, 6.45) is 0.128. The third-order valence-corrected chi connectivity index (χ3v) is 7.07. The number of nitrogen functional groups attached to an aromatic ring is 1. The van der Waals surface area contributed by atoms with Gasteiger partial charge in [0, 0.05) is 24.2 Å². The molecule has 4 aromatic rings. The van der Waals surface area contributed by atoms with Gasteiger partial charge in [-0.2, -0.15) is 0 Å². The van der Waals surface area contributed by atoms with Gasteiger partial charge in [-0.3, -0.25) is 4.79 Å². The van der Waals surface area contributed by atoms with Crippen LogP contribution in [0.15, 0.2) is 77.8 Å². The number of carboxylic acid groups (broad SMARTS) is 1. The van der Waals surface area contributed by atoms with Gasteiger partial charge in [0.05, 0.1) is 21.8 Å². The van der Waals surface area contributed by atoms with Crippen LogP contribution in [0, 0.1) is 5.82 Å². The molecule has 0 atom stereocenters. The quantitative estimate of drug-likeness (QED) is 0.348. The predicted octanol–water partition coefficient (Wildman–Crippen LogP) is 3.81. The molecule has 180 valence electrons. The zero-order valence-corrected chi connectivity index (χ0v) is 19.3. The van der Waals surface area contributed by atoms with Gasteiger partial charge in [-0.25, -0.2) is 21.6 Å². The van der Waals surface area contributed by atoms with E-state index in [1.54, 1.807) is 30.3 Å². The lowest BCUT2D eigenvalue weighted by atomic mass is 10.0. The van der Waals surface area contributed by atoms with Crippen molar-refractivity contribution in [3.8, 4) is 11.1 Å². The van der Waals surface area contributed by atoms with E-state index in [9.17, 15) is 22.4 Å². The van der Waals surface area contributed by atoms with E-state index in [-0.39, 0.29) is 21.8 Å². The van der Waals surface area contributed by atoms with Crippen LogP contribution in [-0.2, 0) is 14.8 Å². The number of rotatable bonds is 6. The van der Waals surface area contributed by atoms with Crippen LogP contribution in [-0.4, -0.2) is 48.0 Å².